The number of benzene rings is 1. The van der Waals surface area contributed by atoms with Crippen molar-refractivity contribution in [2.75, 3.05) is 18.1 Å². The third kappa shape index (κ3) is 4.39. The summed E-state index contributed by atoms with van der Waals surface area (Å²) in [4.78, 5) is 37.5. The van der Waals surface area contributed by atoms with Crippen LogP contribution in [0.5, 0.6) is 0 Å². The first-order valence-corrected chi connectivity index (χ1v) is 9.40. The number of amides is 2. The van der Waals surface area contributed by atoms with Gasteiger partial charge < -0.3 is 26.1 Å². The van der Waals surface area contributed by atoms with Gasteiger partial charge in [0.1, 0.15) is 24.1 Å². The minimum Gasteiger partial charge on any atom is -0.368 e. The van der Waals surface area contributed by atoms with Crippen molar-refractivity contribution >= 4 is 42.2 Å². The zero-order valence-corrected chi connectivity index (χ0v) is 17.3. The van der Waals surface area contributed by atoms with E-state index in [1.165, 1.54) is 0 Å². The maximum absolute atomic E-state index is 12.0. The molecular formula is C20H24N6O3S. The summed E-state index contributed by atoms with van der Waals surface area (Å²) in [6.45, 7) is 0.699. The highest BCUT2D eigenvalue weighted by molar-refractivity contribution is 7.59. The van der Waals surface area contributed by atoms with E-state index >= 15 is 0 Å². The van der Waals surface area contributed by atoms with Crippen molar-refractivity contribution in [1.82, 2.24) is 15.0 Å². The molecule has 1 aromatic carbocycles. The Balaban J connectivity index is 0.00000256. The van der Waals surface area contributed by atoms with E-state index < -0.39 is 11.9 Å². The van der Waals surface area contributed by atoms with E-state index in [-0.39, 0.29) is 32.6 Å². The number of nitrogens with one attached hydrogen (secondary N) is 1. The molecule has 9 nitrogen and oxygen atoms in total. The molecule has 30 heavy (non-hydrogen) atoms. The number of H-pyrrole nitrogens is 1. The van der Waals surface area contributed by atoms with Crippen LogP contribution in [0, 0.1) is 0 Å². The first kappa shape index (κ1) is 21.6. The summed E-state index contributed by atoms with van der Waals surface area (Å²) in [5, 5.41) is 0.774. The number of primary amides is 2. The van der Waals surface area contributed by atoms with E-state index in [2.05, 4.69) is 9.97 Å². The molecule has 5 N–H and O–H groups in total. The zero-order chi connectivity index (χ0) is 20.4. The lowest BCUT2D eigenvalue weighted by Gasteiger charge is -2.24. The molecule has 1 aliphatic heterocycles. The number of carbonyl (C=O) groups is 2. The molecular weight excluding hydrogens is 404 g/mol. The molecule has 0 aliphatic carbocycles. The van der Waals surface area contributed by atoms with E-state index in [9.17, 15) is 9.59 Å². The van der Waals surface area contributed by atoms with Crippen LogP contribution in [0.2, 0.25) is 0 Å². The number of ether oxygens (including phenoxy) is 1. The SMILES string of the molecule is NC(=O)COCc1cc2c(N3CCC[C@H]3C(N)=O)nc(-c3ccccc3)nc2[nH]1.S. The van der Waals surface area contributed by atoms with Crippen LogP contribution in [0.15, 0.2) is 36.4 Å². The highest BCUT2D eigenvalue weighted by Gasteiger charge is 2.32. The Morgan fingerprint density at radius 1 is 1.20 bits per heavy atom. The summed E-state index contributed by atoms with van der Waals surface area (Å²) >= 11 is 0. The Morgan fingerprint density at radius 2 is 1.97 bits per heavy atom. The van der Waals surface area contributed by atoms with Crippen molar-refractivity contribution < 1.29 is 14.3 Å². The topological polar surface area (TPSA) is 140 Å². The standard InChI is InChI=1S/C20H22N6O3.H2S/c21-16(27)11-29-10-13-9-14-19(23-13)24-18(12-5-2-1-3-6-12)25-20(14)26-8-4-7-15(26)17(22)28;/h1-3,5-6,9,15H,4,7-8,10-11H2,(H2,21,27)(H2,22,28)(H,23,24,25);1H2/t15-;/m0./s1. The summed E-state index contributed by atoms with van der Waals surface area (Å²) < 4.78 is 5.31. The number of aromatic amines is 1. The summed E-state index contributed by atoms with van der Waals surface area (Å²) in [7, 11) is 0. The van der Waals surface area contributed by atoms with Gasteiger partial charge in [-0.05, 0) is 18.9 Å². The average molecular weight is 429 g/mol. The average Bonchev–Trinajstić information content (AvgIpc) is 3.34. The van der Waals surface area contributed by atoms with Crippen LogP contribution in [0.4, 0.5) is 5.82 Å². The maximum atomic E-state index is 12.0. The number of anilines is 1. The Bertz CT molecular complexity index is 1060. The fraction of sp³-hybridized carbons (Fsp3) is 0.300. The van der Waals surface area contributed by atoms with Crippen molar-refractivity contribution in [2.45, 2.75) is 25.5 Å². The molecule has 0 radical (unpaired) electrons. The van der Waals surface area contributed by atoms with Crippen LogP contribution in [-0.4, -0.2) is 46.0 Å². The number of rotatable bonds is 7. The molecule has 158 valence electrons. The number of hydrogen-bond acceptors (Lipinski definition) is 6. The van der Waals surface area contributed by atoms with Crippen molar-refractivity contribution in [3.63, 3.8) is 0 Å². The normalized spacial score (nSPS) is 15.9. The second-order valence-electron chi connectivity index (χ2n) is 7.01. The van der Waals surface area contributed by atoms with Crippen molar-refractivity contribution in [3.8, 4) is 11.4 Å². The van der Waals surface area contributed by atoms with Gasteiger partial charge in [0, 0.05) is 17.8 Å². The first-order chi connectivity index (χ1) is 14.0. The number of nitrogens with zero attached hydrogens (tertiary/aromatic N) is 3. The molecule has 1 saturated heterocycles. The van der Waals surface area contributed by atoms with Crippen LogP contribution >= 0.6 is 13.5 Å². The minimum atomic E-state index is -0.533. The van der Waals surface area contributed by atoms with Gasteiger partial charge in [0.15, 0.2) is 5.82 Å². The van der Waals surface area contributed by atoms with Crippen LogP contribution < -0.4 is 16.4 Å². The Kier molecular flexibility index (Phi) is 6.58. The van der Waals surface area contributed by atoms with Gasteiger partial charge in [-0.3, -0.25) is 9.59 Å². The van der Waals surface area contributed by atoms with Gasteiger partial charge in [-0.2, -0.15) is 13.5 Å². The lowest BCUT2D eigenvalue weighted by Crippen LogP contribution is -2.40. The van der Waals surface area contributed by atoms with Gasteiger partial charge in [0.2, 0.25) is 11.8 Å². The molecule has 1 aliphatic rings. The molecule has 2 aromatic heterocycles. The third-order valence-electron chi connectivity index (χ3n) is 4.91. The van der Waals surface area contributed by atoms with E-state index in [0.717, 1.165) is 23.1 Å². The van der Waals surface area contributed by atoms with Gasteiger partial charge in [0.25, 0.3) is 0 Å². The lowest BCUT2D eigenvalue weighted by atomic mass is 10.2. The third-order valence-corrected chi connectivity index (χ3v) is 4.91. The van der Waals surface area contributed by atoms with Gasteiger partial charge in [-0.25, -0.2) is 9.97 Å². The zero-order valence-electron chi connectivity index (χ0n) is 16.3. The number of aromatic nitrogens is 3. The molecule has 0 bridgehead atoms. The van der Waals surface area contributed by atoms with Gasteiger partial charge in [0.05, 0.1) is 12.0 Å². The molecule has 10 heteroatoms. The van der Waals surface area contributed by atoms with Gasteiger partial charge >= 0.3 is 0 Å². The molecule has 1 atom stereocenters. The van der Waals surface area contributed by atoms with Gasteiger partial charge in [-0.1, -0.05) is 30.3 Å². The molecule has 4 rings (SSSR count). The van der Waals surface area contributed by atoms with Crippen LogP contribution in [0.25, 0.3) is 22.4 Å². The summed E-state index contributed by atoms with van der Waals surface area (Å²) in [5.74, 6) is 0.313. The minimum absolute atomic E-state index is 0. The molecule has 3 aromatic rings. The number of hydrogen-bond donors (Lipinski definition) is 3. The second kappa shape index (κ2) is 9.14. The fourth-order valence-electron chi connectivity index (χ4n) is 3.64. The predicted octanol–water partition coefficient (Wildman–Crippen LogP) is 1.19. The van der Waals surface area contributed by atoms with E-state index in [1.807, 2.05) is 41.3 Å². The Morgan fingerprint density at radius 3 is 2.67 bits per heavy atom. The number of carbonyl (C=O) groups excluding carboxylic acids is 2. The predicted molar refractivity (Wildman–Crippen MR) is 118 cm³/mol. The van der Waals surface area contributed by atoms with Crippen molar-refractivity contribution in [1.29, 1.82) is 0 Å². The number of fused-ring (bicyclic) bond motifs is 1. The van der Waals surface area contributed by atoms with E-state index in [0.29, 0.717) is 30.3 Å². The maximum Gasteiger partial charge on any atom is 0.243 e. The summed E-state index contributed by atoms with van der Waals surface area (Å²) in [6.07, 6.45) is 1.55. The van der Waals surface area contributed by atoms with Crippen LogP contribution in [-0.2, 0) is 20.9 Å². The first-order valence-electron chi connectivity index (χ1n) is 9.40. The van der Waals surface area contributed by atoms with Crippen LogP contribution in [0.3, 0.4) is 0 Å². The smallest absolute Gasteiger partial charge is 0.243 e. The highest BCUT2D eigenvalue weighted by atomic mass is 32.1. The van der Waals surface area contributed by atoms with E-state index in [4.69, 9.17) is 21.2 Å². The largest absolute Gasteiger partial charge is 0.368 e. The molecule has 1 fully saturated rings. The molecule has 0 saturated carbocycles. The molecule has 0 unspecified atom stereocenters. The van der Waals surface area contributed by atoms with Gasteiger partial charge in [-0.15, -0.1) is 0 Å². The number of nitrogens with two attached hydrogens (primary N) is 2. The Hall–Kier alpha value is -3.11. The quantitative estimate of drug-likeness (QED) is 0.516. The van der Waals surface area contributed by atoms with Crippen LogP contribution in [0.1, 0.15) is 18.5 Å². The van der Waals surface area contributed by atoms with Crippen molar-refractivity contribution in [3.05, 3.63) is 42.1 Å². The lowest BCUT2D eigenvalue weighted by molar-refractivity contribution is -0.123. The highest BCUT2D eigenvalue weighted by Crippen LogP contribution is 2.32. The van der Waals surface area contributed by atoms with Crippen molar-refractivity contribution in [2.24, 2.45) is 11.5 Å². The monoisotopic (exact) mass is 428 g/mol. The second-order valence-corrected chi connectivity index (χ2v) is 7.01. The molecule has 2 amide bonds. The molecule has 0 spiro atoms. The summed E-state index contributed by atoms with van der Waals surface area (Å²) in [6, 6.07) is 11.1. The Labute approximate surface area is 180 Å². The molecule has 3 heterocycles. The summed E-state index contributed by atoms with van der Waals surface area (Å²) in [5.41, 5.74) is 13.0. The van der Waals surface area contributed by atoms with E-state index in [1.54, 1.807) is 0 Å². The fourth-order valence-corrected chi connectivity index (χ4v) is 3.64.